The number of hydrogen-bond donors (Lipinski definition) is 1. The molecule has 0 aromatic rings. The molecule has 0 amide bonds. The van der Waals surface area contributed by atoms with Crippen molar-refractivity contribution in [2.24, 2.45) is 0 Å². The second-order valence-electron chi connectivity index (χ2n) is 7.31. The first-order valence-corrected chi connectivity index (χ1v) is 12.3. The zero-order valence-electron chi connectivity index (χ0n) is 17.0. The van der Waals surface area contributed by atoms with Crippen LogP contribution in [0, 0.1) is 0 Å². The highest BCUT2D eigenvalue weighted by Crippen LogP contribution is 2.13. The summed E-state index contributed by atoms with van der Waals surface area (Å²) in [6, 6.07) is 0. The smallest absolute Gasteiger partial charge is 0.330 e. The summed E-state index contributed by atoms with van der Waals surface area (Å²) >= 11 is 0. The summed E-state index contributed by atoms with van der Waals surface area (Å²) in [4.78, 5) is 10.8. The van der Waals surface area contributed by atoms with E-state index in [0.717, 1.165) is 32.1 Å². The number of rotatable bonds is 20. The molecule has 0 aliphatic rings. The van der Waals surface area contributed by atoms with Crippen LogP contribution in [0.15, 0.2) is 12.7 Å². The van der Waals surface area contributed by atoms with Crippen LogP contribution in [0.25, 0.3) is 0 Å². The predicted molar refractivity (Wildman–Crippen MR) is 111 cm³/mol. The molecule has 0 rings (SSSR count). The van der Waals surface area contributed by atoms with Crippen LogP contribution in [0.3, 0.4) is 0 Å². The minimum Gasteiger partial charge on any atom is -0.463 e. The number of carbonyl (C=O) groups is 1. The summed E-state index contributed by atoms with van der Waals surface area (Å²) in [5.74, 6) is -0.427. The minimum absolute atomic E-state index is 0.0991. The zero-order valence-corrected chi connectivity index (χ0v) is 17.8. The van der Waals surface area contributed by atoms with Crippen molar-refractivity contribution < 1.29 is 22.5 Å². The maximum absolute atomic E-state index is 10.8. The van der Waals surface area contributed by atoms with E-state index in [9.17, 15) is 13.2 Å². The number of hydrogen-bond acceptors (Lipinski definition) is 4. The fraction of sp³-hybridized carbons (Fsp3) is 0.857. The van der Waals surface area contributed by atoms with Crippen LogP contribution in [0.4, 0.5) is 0 Å². The lowest BCUT2D eigenvalue weighted by molar-refractivity contribution is -0.137. The van der Waals surface area contributed by atoms with E-state index >= 15 is 0 Å². The molecule has 0 aromatic carbocycles. The second-order valence-corrected chi connectivity index (χ2v) is 8.89. The summed E-state index contributed by atoms with van der Waals surface area (Å²) in [7, 11) is -3.77. The molecule has 6 heteroatoms. The van der Waals surface area contributed by atoms with Gasteiger partial charge in [0, 0.05) is 6.08 Å². The van der Waals surface area contributed by atoms with Crippen LogP contribution in [-0.2, 0) is 19.6 Å². The molecule has 27 heavy (non-hydrogen) atoms. The lowest BCUT2D eigenvalue weighted by Gasteiger charge is -2.04. The quantitative estimate of drug-likeness (QED) is 0.119. The third-order valence-corrected chi connectivity index (χ3v) is 5.51. The monoisotopic (exact) mass is 404 g/mol. The van der Waals surface area contributed by atoms with Gasteiger partial charge in [-0.25, -0.2) is 4.79 Å². The molecule has 5 nitrogen and oxygen atoms in total. The Kier molecular flexibility index (Phi) is 17.9. The molecule has 0 aliphatic carbocycles. The van der Waals surface area contributed by atoms with Gasteiger partial charge in [-0.1, -0.05) is 96.5 Å². The average molecular weight is 405 g/mol. The van der Waals surface area contributed by atoms with Gasteiger partial charge in [0.1, 0.15) is 0 Å². The van der Waals surface area contributed by atoms with Crippen molar-refractivity contribution in [1.82, 2.24) is 0 Å². The first kappa shape index (κ1) is 26.1. The fourth-order valence-corrected chi connectivity index (χ4v) is 3.66. The molecular formula is C21H40O5S. The Morgan fingerprint density at radius 1 is 0.704 bits per heavy atom. The predicted octanol–water partition coefficient (Wildman–Crippen LogP) is 5.85. The third kappa shape index (κ3) is 23.1. The lowest BCUT2D eigenvalue weighted by atomic mass is 10.0. The summed E-state index contributed by atoms with van der Waals surface area (Å²) in [6.45, 7) is 3.88. The van der Waals surface area contributed by atoms with Crippen molar-refractivity contribution in [2.45, 2.75) is 103 Å². The second kappa shape index (κ2) is 18.5. The highest BCUT2D eigenvalue weighted by Gasteiger charge is 2.02. The Labute approximate surface area is 166 Å². The van der Waals surface area contributed by atoms with Gasteiger partial charge in [-0.3, -0.25) is 4.55 Å². The molecule has 0 spiro atoms. The van der Waals surface area contributed by atoms with E-state index in [2.05, 4.69) is 6.58 Å². The van der Waals surface area contributed by atoms with Crippen LogP contribution >= 0.6 is 0 Å². The van der Waals surface area contributed by atoms with Gasteiger partial charge >= 0.3 is 5.97 Å². The van der Waals surface area contributed by atoms with Gasteiger partial charge in [0.25, 0.3) is 10.1 Å². The van der Waals surface area contributed by atoms with Gasteiger partial charge in [0.15, 0.2) is 0 Å². The Hall–Kier alpha value is -0.880. The molecule has 0 saturated carbocycles. The molecule has 0 bridgehead atoms. The van der Waals surface area contributed by atoms with Crippen molar-refractivity contribution >= 4 is 16.1 Å². The van der Waals surface area contributed by atoms with Crippen LogP contribution in [-0.4, -0.2) is 31.3 Å². The third-order valence-electron chi connectivity index (χ3n) is 4.71. The maximum atomic E-state index is 10.8. The molecule has 0 heterocycles. The van der Waals surface area contributed by atoms with Gasteiger partial charge in [-0.05, 0) is 12.8 Å². The molecule has 0 fully saturated rings. The fourth-order valence-electron chi connectivity index (χ4n) is 3.09. The topological polar surface area (TPSA) is 80.7 Å². The van der Waals surface area contributed by atoms with E-state index in [1.165, 1.54) is 70.3 Å². The van der Waals surface area contributed by atoms with Gasteiger partial charge in [0.2, 0.25) is 0 Å². The Bertz CT molecular complexity index is 459. The van der Waals surface area contributed by atoms with Crippen molar-refractivity contribution in [3.63, 3.8) is 0 Å². The Balaban J connectivity index is 3.09. The summed E-state index contributed by atoms with van der Waals surface area (Å²) < 4.78 is 34.7. The first-order valence-electron chi connectivity index (χ1n) is 10.7. The molecular weight excluding hydrogens is 364 g/mol. The van der Waals surface area contributed by atoms with E-state index in [0.29, 0.717) is 13.0 Å². The standard InChI is InChI=1S/C21H40O5S/c1-2-21(22)26-19-17-15-13-11-9-7-5-3-4-6-8-10-12-14-16-18-20-27(23,24)25/h2H,1,3-20H2,(H,23,24,25). The van der Waals surface area contributed by atoms with Crippen LogP contribution in [0.2, 0.25) is 0 Å². The van der Waals surface area contributed by atoms with Crippen molar-refractivity contribution in [3.8, 4) is 0 Å². The summed E-state index contributed by atoms with van der Waals surface area (Å²) in [6.07, 6.45) is 19.8. The molecule has 0 aliphatic heterocycles. The Morgan fingerprint density at radius 3 is 1.37 bits per heavy atom. The van der Waals surface area contributed by atoms with E-state index in [-0.39, 0.29) is 11.7 Å². The van der Waals surface area contributed by atoms with E-state index < -0.39 is 10.1 Å². The van der Waals surface area contributed by atoms with E-state index in [1.54, 1.807) is 0 Å². The minimum atomic E-state index is -3.77. The van der Waals surface area contributed by atoms with E-state index in [1.807, 2.05) is 0 Å². The molecule has 0 saturated heterocycles. The molecule has 0 atom stereocenters. The number of carbonyl (C=O) groups excluding carboxylic acids is 1. The van der Waals surface area contributed by atoms with E-state index in [4.69, 9.17) is 9.29 Å². The maximum Gasteiger partial charge on any atom is 0.330 e. The number of ether oxygens (including phenoxy) is 1. The summed E-state index contributed by atoms with van der Waals surface area (Å²) in [5.41, 5.74) is 0. The van der Waals surface area contributed by atoms with Crippen molar-refractivity contribution in [3.05, 3.63) is 12.7 Å². The molecule has 1 N–H and O–H groups in total. The molecule has 0 radical (unpaired) electrons. The largest absolute Gasteiger partial charge is 0.463 e. The Morgan fingerprint density at radius 2 is 1.04 bits per heavy atom. The van der Waals surface area contributed by atoms with Gasteiger partial charge in [-0.15, -0.1) is 0 Å². The molecule has 160 valence electrons. The first-order chi connectivity index (χ1) is 13.0. The zero-order chi connectivity index (χ0) is 20.2. The molecule has 0 unspecified atom stereocenters. The average Bonchev–Trinajstić information content (AvgIpc) is 2.62. The van der Waals surface area contributed by atoms with Crippen LogP contribution in [0.5, 0.6) is 0 Å². The van der Waals surface area contributed by atoms with Crippen LogP contribution in [0.1, 0.15) is 103 Å². The highest BCUT2D eigenvalue weighted by atomic mass is 32.2. The normalized spacial score (nSPS) is 11.4. The highest BCUT2D eigenvalue weighted by molar-refractivity contribution is 7.85. The van der Waals surface area contributed by atoms with Gasteiger partial charge < -0.3 is 4.74 Å². The van der Waals surface area contributed by atoms with Crippen LogP contribution < -0.4 is 0 Å². The number of esters is 1. The SMILES string of the molecule is C=CC(=O)OCCCCCCCCCCCCCCCCCCS(=O)(=O)O. The van der Waals surface area contributed by atoms with Gasteiger partial charge in [0.05, 0.1) is 12.4 Å². The van der Waals surface area contributed by atoms with Gasteiger partial charge in [-0.2, -0.15) is 8.42 Å². The van der Waals surface area contributed by atoms with Crippen molar-refractivity contribution in [2.75, 3.05) is 12.4 Å². The van der Waals surface area contributed by atoms with Crippen molar-refractivity contribution in [1.29, 1.82) is 0 Å². The summed E-state index contributed by atoms with van der Waals surface area (Å²) in [5, 5.41) is 0. The molecule has 0 aromatic heterocycles. The number of unbranched alkanes of at least 4 members (excludes halogenated alkanes) is 15. The lowest BCUT2D eigenvalue weighted by Crippen LogP contribution is -2.03.